The Hall–Kier alpha value is -0.570. The predicted molar refractivity (Wildman–Crippen MR) is 64.9 cm³/mol. The Kier molecular flexibility index (Phi) is 3.53. The van der Waals surface area contributed by atoms with Gasteiger partial charge >= 0.3 is 0 Å². The van der Waals surface area contributed by atoms with Crippen LogP contribution < -0.4 is 5.32 Å². The van der Waals surface area contributed by atoms with Crippen molar-refractivity contribution in [1.82, 2.24) is 10.2 Å². The highest BCUT2D eigenvalue weighted by Crippen LogP contribution is 2.33. The van der Waals surface area contributed by atoms with Crippen LogP contribution in [0.1, 0.15) is 52.9 Å². The summed E-state index contributed by atoms with van der Waals surface area (Å²) in [6, 6.07) is 0.505. The Balaban J connectivity index is 2.12. The molecule has 0 spiro atoms. The van der Waals surface area contributed by atoms with Crippen molar-refractivity contribution in [2.24, 2.45) is 5.92 Å². The summed E-state index contributed by atoms with van der Waals surface area (Å²) < 4.78 is 0. The summed E-state index contributed by atoms with van der Waals surface area (Å²) in [6.07, 6.45) is 6.26. The number of hydrogen-bond donors (Lipinski definition) is 1. The van der Waals surface area contributed by atoms with Crippen LogP contribution in [0, 0.1) is 5.92 Å². The molecule has 1 N–H and O–H groups in total. The van der Waals surface area contributed by atoms with E-state index >= 15 is 0 Å². The molecular weight excluding hydrogens is 200 g/mol. The molecule has 0 aromatic rings. The zero-order chi connectivity index (χ0) is 11.7. The summed E-state index contributed by atoms with van der Waals surface area (Å²) in [5.74, 6) is 0.993. The van der Waals surface area contributed by atoms with E-state index in [1.807, 2.05) is 6.92 Å². The van der Waals surface area contributed by atoms with Crippen molar-refractivity contribution in [3.05, 3.63) is 0 Å². The van der Waals surface area contributed by atoms with Gasteiger partial charge < -0.3 is 4.90 Å². The Morgan fingerprint density at radius 2 is 2.12 bits per heavy atom. The van der Waals surface area contributed by atoms with Crippen molar-refractivity contribution in [2.45, 2.75) is 71.1 Å². The molecule has 92 valence electrons. The maximum absolute atomic E-state index is 12.2. The molecule has 1 saturated carbocycles. The highest BCUT2D eigenvalue weighted by Gasteiger charge is 2.42. The summed E-state index contributed by atoms with van der Waals surface area (Å²) >= 11 is 0. The molecule has 2 aliphatic rings. The van der Waals surface area contributed by atoms with Crippen LogP contribution in [0.15, 0.2) is 0 Å². The monoisotopic (exact) mass is 224 g/mol. The molecule has 4 atom stereocenters. The quantitative estimate of drug-likeness (QED) is 0.796. The van der Waals surface area contributed by atoms with Crippen molar-refractivity contribution in [3.8, 4) is 0 Å². The Morgan fingerprint density at radius 3 is 2.69 bits per heavy atom. The number of carbonyl (C=O) groups is 1. The van der Waals surface area contributed by atoms with Gasteiger partial charge in [0.2, 0.25) is 5.91 Å². The third-order valence-corrected chi connectivity index (χ3v) is 4.14. The maximum atomic E-state index is 12.2. The number of hydrogen-bond acceptors (Lipinski definition) is 2. The Bertz CT molecular complexity index is 267. The summed E-state index contributed by atoms with van der Waals surface area (Å²) in [5.41, 5.74) is 0. The lowest BCUT2D eigenvalue weighted by molar-refractivity contribution is -0.132. The van der Waals surface area contributed by atoms with Gasteiger partial charge in [0.25, 0.3) is 0 Å². The van der Waals surface area contributed by atoms with E-state index in [1.165, 1.54) is 19.3 Å². The topological polar surface area (TPSA) is 32.3 Å². The highest BCUT2D eigenvalue weighted by atomic mass is 16.2. The van der Waals surface area contributed by atoms with Crippen LogP contribution in [0.5, 0.6) is 0 Å². The van der Waals surface area contributed by atoms with Crippen molar-refractivity contribution < 1.29 is 4.79 Å². The van der Waals surface area contributed by atoms with Crippen molar-refractivity contribution in [1.29, 1.82) is 0 Å². The normalized spacial score (nSPS) is 39.7. The van der Waals surface area contributed by atoms with Crippen molar-refractivity contribution in [3.63, 3.8) is 0 Å². The predicted octanol–water partition coefficient (Wildman–Crippen LogP) is 2.12. The third-order valence-electron chi connectivity index (χ3n) is 4.14. The van der Waals surface area contributed by atoms with Crippen LogP contribution in [0.2, 0.25) is 0 Å². The van der Waals surface area contributed by atoms with Gasteiger partial charge in [0.1, 0.15) is 0 Å². The molecule has 0 radical (unpaired) electrons. The van der Waals surface area contributed by atoms with Crippen LogP contribution in [0.25, 0.3) is 0 Å². The first-order valence-corrected chi connectivity index (χ1v) is 6.73. The summed E-state index contributed by atoms with van der Waals surface area (Å²) in [5, 5.41) is 3.43. The molecule has 0 aromatic carbocycles. The van der Waals surface area contributed by atoms with Gasteiger partial charge in [-0.3, -0.25) is 10.1 Å². The molecule has 1 saturated heterocycles. The average molecular weight is 224 g/mol. The second-order valence-electron chi connectivity index (χ2n) is 5.41. The average Bonchev–Trinajstić information content (AvgIpc) is 2.75. The molecule has 0 bridgehead atoms. The van der Waals surface area contributed by atoms with Gasteiger partial charge in [0.15, 0.2) is 0 Å². The van der Waals surface area contributed by atoms with Crippen LogP contribution in [0.4, 0.5) is 0 Å². The maximum Gasteiger partial charge on any atom is 0.240 e. The van der Waals surface area contributed by atoms with Gasteiger partial charge in [-0.15, -0.1) is 0 Å². The van der Waals surface area contributed by atoms with E-state index < -0.39 is 0 Å². The Morgan fingerprint density at radius 1 is 1.38 bits per heavy atom. The van der Waals surface area contributed by atoms with E-state index in [1.54, 1.807) is 0 Å². The molecule has 16 heavy (non-hydrogen) atoms. The van der Waals surface area contributed by atoms with E-state index in [9.17, 15) is 4.79 Å². The molecule has 0 aromatic heterocycles. The minimum atomic E-state index is 0.0179. The number of carbonyl (C=O) groups excluding carboxylic acids is 1. The second kappa shape index (κ2) is 4.74. The van der Waals surface area contributed by atoms with E-state index in [4.69, 9.17) is 0 Å². The van der Waals surface area contributed by atoms with Gasteiger partial charge in [-0.2, -0.15) is 0 Å². The van der Waals surface area contributed by atoms with Crippen LogP contribution in [-0.4, -0.2) is 29.1 Å². The van der Waals surface area contributed by atoms with Crippen LogP contribution in [0.3, 0.4) is 0 Å². The minimum Gasteiger partial charge on any atom is -0.323 e. The van der Waals surface area contributed by atoms with Gasteiger partial charge in [-0.25, -0.2) is 0 Å². The number of rotatable bonds is 3. The standard InChI is InChI=1S/C13H24N2O/c1-4-6-12-14-10(3)13(16)15(12)11-8-5-7-9(11)2/h9-12,14H,4-8H2,1-3H3. The molecule has 2 rings (SSSR count). The SMILES string of the molecule is CCCC1NC(C)C(=O)N1C1CCCC1C. The van der Waals surface area contributed by atoms with E-state index in [0.717, 1.165) is 12.8 Å². The van der Waals surface area contributed by atoms with Gasteiger partial charge in [-0.05, 0) is 32.1 Å². The zero-order valence-electron chi connectivity index (χ0n) is 10.7. The molecule has 1 aliphatic heterocycles. The molecule has 1 aliphatic carbocycles. The van der Waals surface area contributed by atoms with Crippen LogP contribution >= 0.6 is 0 Å². The smallest absolute Gasteiger partial charge is 0.240 e. The van der Waals surface area contributed by atoms with Crippen molar-refractivity contribution in [2.75, 3.05) is 0 Å². The van der Waals surface area contributed by atoms with Gasteiger partial charge in [0, 0.05) is 6.04 Å². The molecular formula is C13H24N2O. The lowest BCUT2D eigenvalue weighted by atomic mass is 10.0. The van der Waals surface area contributed by atoms with Crippen LogP contribution in [-0.2, 0) is 4.79 Å². The van der Waals surface area contributed by atoms with E-state index in [2.05, 4.69) is 24.1 Å². The summed E-state index contributed by atoms with van der Waals surface area (Å²) in [4.78, 5) is 14.3. The van der Waals surface area contributed by atoms with Gasteiger partial charge in [-0.1, -0.05) is 26.7 Å². The number of amides is 1. The fraction of sp³-hybridized carbons (Fsp3) is 0.923. The van der Waals surface area contributed by atoms with Crippen molar-refractivity contribution >= 4 is 5.91 Å². The van der Waals surface area contributed by atoms with E-state index in [-0.39, 0.29) is 12.2 Å². The lowest BCUT2D eigenvalue weighted by Crippen LogP contribution is -2.45. The first kappa shape index (κ1) is 11.9. The van der Waals surface area contributed by atoms with Gasteiger partial charge in [0.05, 0.1) is 12.2 Å². The first-order valence-electron chi connectivity index (χ1n) is 6.73. The number of nitrogens with zero attached hydrogens (tertiary/aromatic N) is 1. The molecule has 1 amide bonds. The highest BCUT2D eigenvalue weighted by molar-refractivity contribution is 5.84. The summed E-state index contributed by atoms with van der Waals surface area (Å²) in [6.45, 7) is 6.47. The van der Waals surface area contributed by atoms with E-state index in [0.29, 0.717) is 17.9 Å². The third kappa shape index (κ3) is 1.97. The Labute approximate surface area is 98.6 Å². The minimum absolute atomic E-state index is 0.0179. The lowest BCUT2D eigenvalue weighted by Gasteiger charge is -2.32. The summed E-state index contributed by atoms with van der Waals surface area (Å²) in [7, 11) is 0. The molecule has 1 heterocycles. The molecule has 3 nitrogen and oxygen atoms in total. The fourth-order valence-corrected chi connectivity index (χ4v) is 3.25. The molecule has 2 fully saturated rings. The fourth-order valence-electron chi connectivity index (χ4n) is 3.25. The second-order valence-corrected chi connectivity index (χ2v) is 5.41. The first-order chi connectivity index (χ1) is 7.65. The number of nitrogens with one attached hydrogen (secondary N) is 1. The molecule has 3 heteroatoms. The largest absolute Gasteiger partial charge is 0.323 e. The molecule has 4 unspecified atom stereocenters. The zero-order valence-corrected chi connectivity index (χ0v) is 10.7.